The van der Waals surface area contributed by atoms with E-state index in [1.165, 1.54) is 14.0 Å². The van der Waals surface area contributed by atoms with Crippen molar-refractivity contribution in [3.8, 4) is 5.75 Å². The lowest BCUT2D eigenvalue weighted by Crippen LogP contribution is -2.18. The molecule has 0 unspecified atom stereocenters. The first-order valence-electron chi connectivity index (χ1n) is 6.15. The summed E-state index contributed by atoms with van der Waals surface area (Å²) in [6.45, 7) is 3.97. The summed E-state index contributed by atoms with van der Waals surface area (Å²) in [7, 11) is 1.44. The Morgan fingerprint density at radius 1 is 1.32 bits per heavy atom. The fourth-order valence-electron chi connectivity index (χ4n) is 1.50. The first-order chi connectivity index (χ1) is 9.08. The molecule has 0 aliphatic rings. The predicted molar refractivity (Wildman–Crippen MR) is 72.7 cm³/mol. The van der Waals surface area contributed by atoms with Crippen molar-refractivity contribution in [3.05, 3.63) is 23.8 Å². The molecule has 1 aromatic rings. The molecule has 0 radical (unpaired) electrons. The van der Waals surface area contributed by atoms with E-state index in [0.717, 1.165) is 6.42 Å². The molecule has 0 aromatic heterocycles. The number of hydrogen-bond acceptors (Lipinski definition) is 4. The van der Waals surface area contributed by atoms with Crippen LogP contribution < -0.4 is 10.1 Å². The molecule has 0 atom stereocenters. The molecule has 1 aromatic carbocycles. The van der Waals surface area contributed by atoms with Gasteiger partial charge in [0.15, 0.2) is 5.78 Å². The molecule has 104 valence electrons. The topological polar surface area (TPSA) is 64.6 Å². The Morgan fingerprint density at radius 3 is 2.63 bits per heavy atom. The maximum absolute atomic E-state index is 11.5. The van der Waals surface area contributed by atoms with Crippen LogP contribution in [0.25, 0.3) is 0 Å². The van der Waals surface area contributed by atoms with Gasteiger partial charge in [-0.1, -0.05) is 6.92 Å². The zero-order valence-corrected chi connectivity index (χ0v) is 11.5. The summed E-state index contributed by atoms with van der Waals surface area (Å²) in [5.74, 6) is 0.199. The van der Waals surface area contributed by atoms with Gasteiger partial charge in [-0.25, -0.2) is 0 Å². The monoisotopic (exact) mass is 265 g/mol. The van der Waals surface area contributed by atoms with Crippen LogP contribution in [-0.4, -0.2) is 32.0 Å². The number of hydrogen-bond donors (Lipinski definition) is 1. The van der Waals surface area contributed by atoms with Gasteiger partial charge in [-0.15, -0.1) is 0 Å². The van der Waals surface area contributed by atoms with Crippen molar-refractivity contribution >= 4 is 17.4 Å². The van der Waals surface area contributed by atoms with Gasteiger partial charge in [-0.2, -0.15) is 0 Å². The third kappa shape index (κ3) is 4.71. The maximum Gasteiger partial charge on any atom is 0.250 e. The maximum atomic E-state index is 11.5. The molecule has 1 amide bonds. The molecule has 5 nitrogen and oxygen atoms in total. The van der Waals surface area contributed by atoms with Gasteiger partial charge in [0.25, 0.3) is 0 Å². The van der Waals surface area contributed by atoms with Crippen LogP contribution in [0.1, 0.15) is 30.6 Å². The molecule has 19 heavy (non-hydrogen) atoms. The standard InChI is InChI=1S/C14H19NO4/c1-4-7-19-13-6-5-11(10(2)16)8-12(13)15-14(17)9-18-3/h5-6,8H,4,7,9H2,1-3H3,(H,15,17). The van der Waals surface area contributed by atoms with Crippen molar-refractivity contribution in [1.29, 1.82) is 0 Å². The SMILES string of the molecule is CCCOc1ccc(C(C)=O)cc1NC(=O)COC. The average Bonchev–Trinajstić information content (AvgIpc) is 2.37. The summed E-state index contributed by atoms with van der Waals surface area (Å²) in [5, 5.41) is 2.67. The molecule has 1 N–H and O–H groups in total. The highest BCUT2D eigenvalue weighted by Gasteiger charge is 2.10. The number of carbonyl (C=O) groups excluding carboxylic acids is 2. The number of nitrogens with one attached hydrogen (secondary N) is 1. The summed E-state index contributed by atoms with van der Waals surface area (Å²) in [5.41, 5.74) is 1.01. The van der Waals surface area contributed by atoms with E-state index in [9.17, 15) is 9.59 Å². The molecule has 5 heteroatoms. The lowest BCUT2D eigenvalue weighted by Gasteiger charge is -2.13. The zero-order chi connectivity index (χ0) is 14.3. The van der Waals surface area contributed by atoms with Crippen LogP contribution in [0.4, 0.5) is 5.69 Å². The average molecular weight is 265 g/mol. The predicted octanol–water partition coefficient (Wildman–Crippen LogP) is 2.26. The number of anilines is 1. The van der Waals surface area contributed by atoms with Crippen LogP contribution in [-0.2, 0) is 9.53 Å². The highest BCUT2D eigenvalue weighted by Crippen LogP contribution is 2.26. The number of Topliss-reactive ketones (excluding diaryl/α,β-unsaturated/α-hetero) is 1. The molecular formula is C14H19NO4. The molecule has 0 aliphatic heterocycles. The lowest BCUT2D eigenvalue weighted by atomic mass is 10.1. The largest absolute Gasteiger partial charge is 0.491 e. The minimum absolute atomic E-state index is 0.0441. The van der Waals surface area contributed by atoms with Crippen LogP contribution in [0, 0.1) is 0 Å². The Bertz CT molecular complexity index is 457. The van der Waals surface area contributed by atoms with E-state index in [4.69, 9.17) is 9.47 Å². The van der Waals surface area contributed by atoms with Crippen molar-refractivity contribution in [2.75, 3.05) is 25.6 Å². The van der Waals surface area contributed by atoms with E-state index in [1.54, 1.807) is 18.2 Å². The van der Waals surface area contributed by atoms with Crippen molar-refractivity contribution in [2.24, 2.45) is 0 Å². The summed E-state index contributed by atoms with van der Waals surface area (Å²) < 4.78 is 10.3. The zero-order valence-electron chi connectivity index (χ0n) is 11.5. The van der Waals surface area contributed by atoms with Gasteiger partial charge in [-0.3, -0.25) is 9.59 Å². The molecule has 0 saturated heterocycles. The van der Waals surface area contributed by atoms with Crippen LogP contribution >= 0.6 is 0 Å². The van der Waals surface area contributed by atoms with Crippen molar-refractivity contribution < 1.29 is 19.1 Å². The Hall–Kier alpha value is -1.88. The second kappa shape index (κ2) is 7.53. The van der Waals surface area contributed by atoms with Gasteiger partial charge in [0, 0.05) is 12.7 Å². The third-order valence-electron chi connectivity index (χ3n) is 2.40. The normalized spacial score (nSPS) is 10.1. The number of ketones is 1. The van der Waals surface area contributed by atoms with E-state index in [0.29, 0.717) is 23.6 Å². The second-order valence-electron chi connectivity index (χ2n) is 4.10. The van der Waals surface area contributed by atoms with Crippen LogP contribution in [0.3, 0.4) is 0 Å². The Kier molecular flexibility index (Phi) is 6.02. The van der Waals surface area contributed by atoms with Gasteiger partial charge in [0.05, 0.1) is 12.3 Å². The third-order valence-corrected chi connectivity index (χ3v) is 2.40. The molecular weight excluding hydrogens is 246 g/mol. The van der Waals surface area contributed by atoms with Crippen LogP contribution in [0.15, 0.2) is 18.2 Å². The molecule has 0 bridgehead atoms. The number of carbonyl (C=O) groups is 2. The van der Waals surface area contributed by atoms with Crippen molar-refractivity contribution in [2.45, 2.75) is 20.3 Å². The number of methoxy groups -OCH3 is 1. The molecule has 1 rings (SSSR count). The molecule has 0 fully saturated rings. The summed E-state index contributed by atoms with van der Waals surface area (Å²) in [6.07, 6.45) is 0.861. The minimum Gasteiger partial charge on any atom is -0.491 e. The smallest absolute Gasteiger partial charge is 0.250 e. The first-order valence-corrected chi connectivity index (χ1v) is 6.15. The number of ether oxygens (including phenoxy) is 2. The van der Waals surface area contributed by atoms with Crippen molar-refractivity contribution in [1.82, 2.24) is 0 Å². The number of amides is 1. The quantitative estimate of drug-likeness (QED) is 0.768. The summed E-state index contributed by atoms with van der Waals surface area (Å²) in [4.78, 5) is 22.9. The number of benzene rings is 1. The van der Waals surface area contributed by atoms with E-state index < -0.39 is 0 Å². The Morgan fingerprint density at radius 2 is 2.05 bits per heavy atom. The van der Waals surface area contributed by atoms with E-state index in [2.05, 4.69) is 5.32 Å². The highest BCUT2D eigenvalue weighted by molar-refractivity contribution is 5.98. The van der Waals surface area contributed by atoms with Crippen LogP contribution in [0.2, 0.25) is 0 Å². The van der Waals surface area contributed by atoms with E-state index in [-0.39, 0.29) is 18.3 Å². The van der Waals surface area contributed by atoms with E-state index in [1.807, 2.05) is 6.92 Å². The second-order valence-corrected chi connectivity index (χ2v) is 4.10. The van der Waals surface area contributed by atoms with Gasteiger partial charge < -0.3 is 14.8 Å². The molecule has 0 spiro atoms. The lowest BCUT2D eigenvalue weighted by molar-refractivity contribution is -0.119. The Balaban J connectivity index is 2.96. The summed E-state index contributed by atoms with van der Waals surface area (Å²) in [6, 6.07) is 4.98. The van der Waals surface area contributed by atoms with Crippen LogP contribution in [0.5, 0.6) is 5.75 Å². The molecule has 0 aliphatic carbocycles. The number of rotatable bonds is 7. The van der Waals surface area contributed by atoms with Gasteiger partial charge in [0.2, 0.25) is 5.91 Å². The molecule has 0 heterocycles. The molecule has 0 saturated carbocycles. The fourth-order valence-corrected chi connectivity index (χ4v) is 1.50. The van der Waals surface area contributed by atoms with Gasteiger partial charge in [0.1, 0.15) is 12.4 Å². The minimum atomic E-state index is -0.287. The van der Waals surface area contributed by atoms with E-state index >= 15 is 0 Å². The summed E-state index contributed by atoms with van der Waals surface area (Å²) >= 11 is 0. The first kappa shape index (κ1) is 15.2. The van der Waals surface area contributed by atoms with Crippen molar-refractivity contribution in [3.63, 3.8) is 0 Å². The Labute approximate surface area is 112 Å². The highest BCUT2D eigenvalue weighted by atomic mass is 16.5. The van der Waals surface area contributed by atoms with Gasteiger partial charge >= 0.3 is 0 Å². The van der Waals surface area contributed by atoms with Gasteiger partial charge in [-0.05, 0) is 31.5 Å². The fraction of sp³-hybridized carbons (Fsp3) is 0.429.